The van der Waals surface area contributed by atoms with Crippen LogP contribution < -0.4 is 11.1 Å². The standard InChI is InChI=1S/C11H21N5/c1-5-9-14-10(12)8(2)11(15-9)13-6-7-16(3)4/h5-7H2,1-4H3,(H3,12,13,14,15). The molecule has 1 heterocycles. The van der Waals surface area contributed by atoms with Crippen LogP contribution >= 0.6 is 0 Å². The van der Waals surface area contributed by atoms with Crippen LogP contribution in [-0.4, -0.2) is 42.1 Å². The average molecular weight is 223 g/mol. The van der Waals surface area contributed by atoms with E-state index in [1.807, 2.05) is 27.9 Å². The van der Waals surface area contributed by atoms with Crippen molar-refractivity contribution in [1.29, 1.82) is 0 Å². The Morgan fingerprint density at radius 3 is 2.56 bits per heavy atom. The molecule has 0 radical (unpaired) electrons. The molecular formula is C11H21N5. The van der Waals surface area contributed by atoms with Gasteiger partial charge in [-0.3, -0.25) is 0 Å². The highest BCUT2D eigenvalue weighted by Gasteiger charge is 2.06. The normalized spacial score (nSPS) is 10.8. The second kappa shape index (κ2) is 5.65. The summed E-state index contributed by atoms with van der Waals surface area (Å²) in [5.74, 6) is 2.21. The van der Waals surface area contributed by atoms with Crippen molar-refractivity contribution in [2.45, 2.75) is 20.3 Å². The fourth-order valence-corrected chi connectivity index (χ4v) is 1.31. The first-order valence-electron chi connectivity index (χ1n) is 5.56. The lowest BCUT2D eigenvalue weighted by molar-refractivity contribution is 0.425. The number of rotatable bonds is 5. The predicted octanol–water partition coefficient (Wildman–Crippen LogP) is 0.903. The Balaban J connectivity index is 2.74. The molecule has 0 fully saturated rings. The van der Waals surface area contributed by atoms with Gasteiger partial charge in [0.15, 0.2) is 0 Å². The van der Waals surface area contributed by atoms with Gasteiger partial charge in [-0.15, -0.1) is 0 Å². The van der Waals surface area contributed by atoms with Crippen LogP contribution in [-0.2, 0) is 6.42 Å². The lowest BCUT2D eigenvalue weighted by atomic mass is 10.3. The molecule has 0 aliphatic rings. The van der Waals surface area contributed by atoms with Crippen LogP contribution in [0.5, 0.6) is 0 Å². The molecule has 0 saturated heterocycles. The molecule has 0 atom stereocenters. The van der Waals surface area contributed by atoms with Gasteiger partial charge in [0.2, 0.25) is 0 Å². The van der Waals surface area contributed by atoms with Crippen LogP contribution in [0.15, 0.2) is 0 Å². The molecule has 0 spiro atoms. The molecule has 1 rings (SSSR count). The van der Waals surface area contributed by atoms with Gasteiger partial charge in [-0.2, -0.15) is 0 Å². The van der Waals surface area contributed by atoms with Crippen molar-refractivity contribution in [3.63, 3.8) is 0 Å². The van der Waals surface area contributed by atoms with Gasteiger partial charge in [0, 0.05) is 25.1 Å². The van der Waals surface area contributed by atoms with Crippen LogP contribution in [0.4, 0.5) is 11.6 Å². The quantitative estimate of drug-likeness (QED) is 0.776. The number of aryl methyl sites for hydroxylation is 1. The van der Waals surface area contributed by atoms with E-state index in [0.717, 1.165) is 36.7 Å². The van der Waals surface area contributed by atoms with E-state index in [1.54, 1.807) is 0 Å². The smallest absolute Gasteiger partial charge is 0.134 e. The fourth-order valence-electron chi connectivity index (χ4n) is 1.31. The van der Waals surface area contributed by atoms with E-state index < -0.39 is 0 Å². The van der Waals surface area contributed by atoms with E-state index in [9.17, 15) is 0 Å². The first-order valence-corrected chi connectivity index (χ1v) is 5.56. The number of nitrogens with zero attached hydrogens (tertiary/aromatic N) is 3. The summed E-state index contributed by atoms with van der Waals surface area (Å²) in [6.45, 7) is 5.78. The Morgan fingerprint density at radius 1 is 1.31 bits per heavy atom. The molecule has 16 heavy (non-hydrogen) atoms. The van der Waals surface area contributed by atoms with Crippen LogP contribution in [0, 0.1) is 6.92 Å². The van der Waals surface area contributed by atoms with Gasteiger partial charge in [-0.25, -0.2) is 9.97 Å². The van der Waals surface area contributed by atoms with Crippen molar-refractivity contribution >= 4 is 11.6 Å². The zero-order chi connectivity index (χ0) is 12.1. The van der Waals surface area contributed by atoms with Crippen molar-refractivity contribution in [3.8, 4) is 0 Å². The Morgan fingerprint density at radius 2 is 2.00 bits per heavy atom. The molecule has 5 heteroatoms. The van der Waals surface area contributed by atoms with E-state index in [-0.39, 0.29) is 0 Å². The summed E-state index contributed by atoms with van der Waals surface area (Å²) in [6, 6.07) is 0. The molecule has 1 aromatic heterocycles. The van der Waals surface area contributed by atoms with E-state index >= 15 is 0 Å². The summed E-state index contributed by atoms with van der Waals surface area (Å²) < 4.78 is 0. The highest BCUT2D eigenvalue weighted by atomic mass is 15.1. The Kier molecular flexibility index (Phi) is 4.49. The van der Waals surface area contributed by atoms with Crippen molar-refractivity contribution in [2.75, 3.05) is 38.2 Å². The van der Waals surface area contributed by atoms with Crippen LogP contribution in [0.25, 0.3) is 0 Å². The Labute approximate surface area is 97.1 Å². The maximum Gasteiger partial charge on any atom is 0.134 e. The zero-order valence-electron chi connectivity index (χ0n) is 10.5. The number of anilines is 2. The highest BCUT2D eigenvalue weighted by molar-refractivity contribution is 5.54. The third-order valence-corrected chi connectivity index (χ3v) is 2.40. The predicted molar refractivity (Wildman–Crippen MR) is 67.6 cm³/mol. The van der Waals surface area contributed by atoms with E-state index in [2.05, 4.69) is 20.2 Å². The first-order chi connectivity index (χ1) is 7.54. The number of nitrogens with one attached hydrogen (secondary N) is 1. The third-order valence-electron chi connectivity index (χ3n) is 2.40. The summed E-state index contributed by atoms with van der Waals surface area (Å²) in [5, 5.41) is 3.29. The molecule has 0 unspecified atom stereocenters. The first kappa shape index (κ1) is 12.7. The minimum Gasteiger partial charge on any atom is -0.383 e. The van der Waals surface area contributed by atoms with Crippen LogP contribution in [0.1, 0.15) is 18.3 Å². The third kappa shape index (κ3) is 3.34. The van der Waals surface area contributed by atoms with Gasteiger partial charge in [0.25, 0.3) is 0 Å². The maximum absolute atomic E-state index is 5.83. The zero-order valence-corrected chi connectivity index (χ0v) is 10.5. The van der Waals surface area contributed by atoms with Gasteiger partial charge in [0.1, 0.15) is 17.5 Å². The minimum absolute atomic E-state index is 0.569. The summed E-state index contributed by atoms with van der Waals surface area (Å²) in [6.07, 6.45) is 0.798. The second-order valence-corrected chi connectivity index (χ2v) is 4.08. The Bertz CT molecular complexity index is 348. The van der Waals surface area contributed by atoms with Crippen molar-refractivity contribution in [2.24, 2.45) is 0 Å². The fraction of sp³-hybridized carbons (Fsp3) is 0.636. The molecule has 0 aromatic carbocycles. The lowest BCUT2D eigenvalue weighted by Gasteiger charge is -2.13. The van der Waals surface area contributed by atoms with Gasteiger partial charge >= 0.3 is 0 Å². The molecule has 3 N–H and O–H groups in total. The molecular weight excluding hydrogens is 202 g/mol. The topological polar surface area (TPSA) is 67.1 Å². The van der Waals surface area contributed by atoms with Crippen LogP contribution in [0.2, 0.25) is 0 Å². The van der Waals surface area contributed by atoms with Crippen LogP contribution in [0.3, 0.4) is 0 Å². The molecule has 90 valence electrons. The van der Waals surface area contributed by atoms with Crippen molar-refractivity contribution < 1.29 is 0 Å². The largest absolute Gasteiger partial charge is 0.383 e. The average Bonchev–Trinajstić information content (AvgIpc) is 2.23. The maximum atomic E-state index is 5.83. The summed E-state index contributed by atoms with van der Waals surface area (Å²) in [4.78, 5) is 10.8. The number of hydrogen-bond acceptors (Lipinski definition) is 5. The van der Waals surface area contributed by atoms with Crippen molar-refractivity contribution in [3.05, 3.63) is 11.4 Å². The lowest BCUT2D eigenvalue weighted by Crippen LogP contribution is -2.22. The molecule has 5 nitrogen and oxygen atoms in total. The van der Waals surface area contributed by atoms with E-state index in [1.165, 1.54) is 0 Å². The van der Waals surface area contributed by atoms with E-state index in [0.29, 0.717) is 5.82 Å². The summed E-state index contributed by atoms with van der Waals surface area (Å²) in [7, 11) is 4.08. The Hall–Kier alpha value is -1.36. The molecule has 0 saturated carbocycles. The van der Waals surface area contributed by atoms with Gasteiger partial charge in [-0.1, -0.05) is 6.92 Å². The van der Waals surface area contributed by atoms with E-state index in [4.69, 9.17) is 5.73 Å². The summed E-state index contributed by atoms with van der Waals surface area (Å²) in [5.41, 5.74) is 6.75. The number of nitrogens with two attached hydrogens (primary N) is 1. The molecule has 0 aliphatic heterocycles. The van der Waals surface area contributed by atoms with Gasteiger partial charge < -0.3 is 16.0 Å². The van der Waals surface area contributed by atoms with Crippen molar-refractivity contribution in [1.82, 2.24) is 14.9 Å². The number of aromatic nitrogens is 2. The monoisotopic (exact) mass is 223 g/mol. The van der Waals surface area contributed by atoms with Gasteiger partial charge in [-0.05, 0) is 21.0 Å². The SMILES string of the molecule is CCc1nc(N)c(C)c(NCCN(C)C)n1. The summed E-state index contributed by atoms with van der Waals surface area (Å²) >= 11 is 0. The number of hydrogen-bond donors (Lipinski definition) is 2. The molecule has 0 bridgehead atoms. The number of likely N-dealkylation sites (N-methyl/N-ethyl adjacent to an activating group) is 1. The molecule has 0 amide bonds. The molecule has 0 aliphatic carbocycles. The molecule has 1 aromatic rings. The highest BCUT2D eigenvalue weighted by Crippen LogP contribution is 2.16. The minimum atomic E-state index is 0.569. The second-order valence-electron chi connectivity index (χ2n) is 4.08. The van der Waals surface area contributed by atoms with Gasteiger partial charge in [0.05, 0.1) is 0 Å². The number of nitrogen functional groups attached to an aromatic ring is 1.